The van der Waals surface area contributed by atoms with Crippen molar-refractivity contribution in [1.29, 1.82) is 0 Å². The summed E-state index contributed by atoms with van der Waals surface area (Å²) in [5, 5.41) is 2.14. The van der Waals surface area contributed by atoms with E-state index < -0.39 is 0 Å². The van der Waals surface area contributed by atoms with Crippen LogP contribution in [0.25, 0.3) is 0 Å². The van der Waals surface area contributed by atoms with Gasteiger partial charge >= 0.3 is 0 Å². The van der Waals surface area contributed by atoms with Gasteiger partial charge in [0.1, 0.15) is 0 Å². The molecular weight excluding hydrogens is 178 g/mol. The van der Waals surface area contributed by atoms with Crippen LogP contribution in [0.1, 0.15) is 24.1 Å². The molecule has 1 aromatic heterocycles. The van der Waals surface area contributed by atoms with Crippen LogP contribution in [0.3, 0.4) is 0 Å². The fraction of sp³-hybridized carbons (Fsp3) is 0.455. The van der Waals surface area contributed by atoms with Crippen molar-refractivity contribution in [2.75, 3.05) is 6.54 Å². The Balaban J connectivity index is 2.30. The van der Waals surface area contributed by atoms with E-state index in [0.717, 1.165) is 13.0 Å². The van der Waals surface area contributed by atoms with Crippen molar-refractivity contribution in [3.05, 3.63) is 34.5 Å². The van der Waals surface area contributed by atoms with Gasteiger partial charge in [-0.25, -0.2) is 0 Å². The summed E-state index contributed by atoms with van der Waals surface area (Å²) >= 11 is 1.84. The first-order chi connectivity index (χ1) is 6.37. The lowest BCUT2D eigenvalue weighted by Gasteiger charge is -2.32. The molecule has 0 radical (unpaired) electrons. The van der Waals surface area contributed by atoms with Crippen LogP contribution in [0.15, 0.2) is 29.7 Å². The molecule has 1 nitrogen and oxygen atoms in total. The molecule has 70 valence electrons. The highest BCUT2D eigenvalue weighted by Crippen LogP contribution is 2.37. The molecule has 0 saturated heterocycles. The van der Waals surface area contributed by atoms with Crippen LogP contribution in [0, 0.1) is 0 Å². The fourth-order valence-corrected chi connectivity index (χ4v) is 2.96. The molecule has 1 aliphatic carbocycles. The zero-order valence-electron chi connectivity index (χ0n) is 7.70. The summed E-state index contributed by atoms with van der Waals surface area (Å²) in [5.74, 6) is 0. The Labute approximate surface area is 83.3 Å². The average Bonchev–Trinajstić information content (AvgIpc) is 2.72. The Morgan fingerprint density at radius 2 is 2.38 bits per heavy atom. The molecular formula is C11H15NS. The third-order valence-electron chi connectivity index (χ3n) is 2.90. The number of allylic oxidation sites excluding steroid dienone is 2. The minimum Gasteiger partial charge on any atom is -0.330 e. The number of hydrogen-bond acceptors (Lipinski definition) is 2. The Bertz CT molecular complexity index is 289. The van der Waals surface area contributed by atoms with Gasteiger partial charge in [-0.15, -0.1) is 11.3 Å². The van der Waals surface area contributed by atoms with Crippen LogP contribution >= 0.6 is 11.3 Å². The largest absolute Gasteiger partial charge is 0.330 e. The molecule has 0 aromatic carbocycles. The molecule has 1 heterocycles. The van der Waals surface area contributed by atoms with E-state index in [4.69, 9.17) is 5.73 Å². The monoisotopic (exact) mass is 193 g/mol. The molecule has 1 aromatic rings. The van der Waals surface area contributed by atoms with Crippen molar-refractivity contribution in [2.45, 2.75) is 24.7 Å². The van der Waals surface area contributed by atoms with E-state index >= 15 is 0 Å². The van der Waals surface area contributed by atoms with Crippen molar-refractivity contribution in [3.8, 4) is 0 Å². The molecule has 0 saturated carbocycles. The Morgan fingerprint density at radius 3 is 2.92 bits per heavy atom. The summed E-state index contributed by atoms with van der Waals surface area (Å²) in [4.78, 5) is 1.46. The lowest BCUT2D eigenvalue weighted by atomic mass is 9.76. The van der Waals surface area contributed by atoms with Gasteiger partial charge in [0.05, 0.1) is 0 Å². The molecule has 1 aliphatic rings. The first kappa shape index (κ1) is 8.97. The standard InChI is InChI=1S/C11H15NS/c12-9-11(6-2-1-3-7-11)10-5-4-8-13-10/h1-2,4-5,8H,3,6-7,9,12H2. The maximum atomic E-state index is 5.90. The van der Waals surface area contributed by atoms with E-state index in [1.54, 1.807) is 0 Å². The van der Waals surface area contributed by atoms with Gasteiger partial charge < -0.3 is 5.73 Å². The van der Waals surface area contributed by atoms with Gasteiger partial charge in [0.25, 0.3) is 0 Å². The van der Waals surface area contributed by atoms with Gasteiger partial charge in [-0.1, -0.05) is 18.2 Å². The molecule has 0 spiro atoms. The second-order valence-electron chi connectivity index (χ2n) is 3.68. The van der Waals surface area contributed by atoms with Gasteiger partial charge in [0, 0.05) is 16.8 Å². The van der Waals surface area contributed by atoms with E-state index in [1.807, 2.05) is 11.3 Å². The smallest absolute Gasteiger partial charge is 0.0207 e. The Morgan fingerprint density at radius 1 is 1.46 bits per heavy atom. The highest BCUT2D eigenvalue weighted by atomic mass is 32.1. The molecule has 0 amide bonds. The maximum absolute atomic E-state index is 5.90. The third-order valence-corrected chi connectivity index (χ3v) is 4.02. The average molecular weight is 193 g/mol. The first-order valence-corrected chi connectivity index (χ1v) is 5.64. The highest BCUT2D eigenvalue weighted by molar-refractivity contribution is 7.10. The molecule has 1 atom stereocenters. The second kappa shape index (κ2) is 3.64. The van der Waals surface area contributed by atoms with Crippen LogP contribution in [0.2, 0.25) is 0 Å². The predicted molar refractivity (Wildman–Crippen MR) is 58.0 cm³/mol. The Hall–Kier alpha value is -0.600. The minimum absolute atomic E-state index is 0.253. The van der Waals surface area contributed by atoms with Crippen LogP contribution in [0.5, 0.6) is 0 Å². The highest BCUT2D eigenvalue weighted by Gasteiger charge is 2.31. The molecule has 13 heavy (non-hydrogen) atoms. The van der Waals surface area contributed by atoms with Crippen molar-refractivity contribution < 1.29 is 0 Å². The normalized spacial score (nSPS) is 27.8. The second-order valence-corrected chi connectivity index (χ2v) is 4.62. The van der Waals surface area contributed by atoms with Gasteiger partial charge in [-0.2, -0.15) is 0 Å². The van der Waals surface area contributed by atoms with Crippen molar-refractivity contribution in [1.82, 2.24) is 0 Å². The quantitative estimate of drug-likeness (QED) is 0.718. The molecule has 1 unspecified atom stereocenters. The van der Waals surface area contributed by atoms with Crippen LogP contribution in [0.4, 0.5) is 0 Å². The summed E-state index contributed by atoms with van der Waals surface area (Å²) in [5.41, 5.74) is 6.16. The van der Waals surface area contributed by atoms with Crippen LogP contribution < -0.4 is 5.73 Å². The molecule has 2 N–H and O–H groups in total. The SMILES string of the molecule is NCC1(c2cccs2)CC=CCC1. The number of thiophene rings is 1. The van der Waals surface area contributed by atoms with E-state index in [-0.39, 0.29) is 5.41 Å². The fourth-order valence-electron chi connectivity index (χ4n) is 1.98. The number of nitrogens with two attached hydrogens (primary N) is 1. The maximum Gasteiger partial charge on any atom is 0.0207 e. The Kier molecular flexibility index (Phi) is 2.51. The van der Waals surface area contributed by atoms with Crippen molar-refractivity contribution >= 4 is 11.3 Å². The summed E-state index contributed by atoms with van der Waals surface area (Å²) in [6.45, 7) is 0.776. The molecule has 0 bridgehead atoms. The van der Waals surface area contributed by atoms with Crippen LogP contribution in [-0.4, -0.2) is 6.54 Å². The zero-order chi connectivity index (χ0) is 9.15. The number of rotatable bonds is 2. The molecule has 2 heteroatoms. The molecule has 0 fully saturated rings. The lowest BCUT2D eigenvalue weighted by Crippen LogP contribution is -2.34. The van der Waals surface area contributed by atoms with Gasteiger partial charge in [0.15, 0.2) is 0 Å². The van der Waals surface area contributed by atoms with E-state index in [2.05, 4.69) is 29.7 Å². The summed E-state index contributed by atoms with van der Waals surface area (Å²) in [6, 6.07) is 4.34. The van der Waals surface area contributed by atoms with E-state index in [1.165, 1.54) is 17.7 Å². The van der Waals surface area contributed by atoms with Crippen LogP contribution in [-0.2, 0) is 5.41 Å². The van der Waals surface area contributed by atoms with Gasteiger partial charge in [-0.05, 0) is 30.7 Å². The predicted octanol–water partition coefficient (Wildman–Crippen LogP) is 2.68. The topological polar surface area (TPSA) is 26.0 Å². The van der Waals surface area contributed by atoms with E-state index in [0.29, 0.717) is 0 Å². The molecule has 0 aliphatic heterocycles. The van der Waals surface area contributed by atoms with Gasteiger partial charge in [-0.3, -0.25) is 0 Å². The summed E-state index contributed by atoms with van der Waals surface area (Å²) in [6.07, 6.45) is 8.04. The third kappa shape index (κ3) is 1.56. The first-order valence-electron chi connectivity index (χ1n) is 4.76. The van der Waals surface area contributed by atoms with Crippen molar-refractivity contribution in [2.24, 2.45) is 5.73 Å². The lowest BCUT2D eigenvalue weighted by molar-refractivity contribution is 0.405. The van der Waals surface area contributed by atoms with Gasteiger partial charge in [0.2, 0.25) is 0 Å². The van der Waals surface area contributed by atoms with Crippen molar-refractivity contribution in [3.63, 3.8) is 0 Å². The minimum atomic E-state index is 0.253. The summed E-state index contributed by atoms with van der Waals surface area (Å²) < 4.78 is 0. The van der Waals surface area contributed by atoms with E-state index in [9.17, 15) is 0 Å². The summed E-state index contributed by atoms with van der Waals surface area (Å²) in [7, 11) is 0. The zero-order valence-corrected chi connectivity index (χ0v) is 8.52. The number of hydrogen-bond donors (Lipinski definition) is 1. The molecule has 2 rings (SSSR count).